The third-order valence-electron chi connectivity index (χ3n) is 3.47. The van der Waals surface area contributed by atoms with Gasteiger partial charge in [0.1, 0.15) is 10.5 Å². The van der Waals surface area contributed by atoms with Crippen molar-refractivity contribution >= 4 is 23.8 Å². The molecule has 0 radical (unpaired) electrons. The Bertz CT molecular complexity index is 411. The first-order valence-corrected chi connectivity index (χ1v) is 8.06. The van der Waals surface area contributed by atoms with Crippen LogP contribution in [0.2, 0.25) is 0 Å². The van der Waals surface area contributed by atoms with Gasteiger partial charge in [0.15, 0.2) is 0 Å². The van der Waals surface area contributed by atoms with Gasteiger partial charge in [-0.15, -0.1) is 11.8 Å². The van der Waals surface area contributed by atoms with Crippen molar-refractivity contribution < 1.29 is 14.3 Å². The van der Waals surface area contributed by atoms with Gasteiger partial charge >= 0.3 is 6.09 Å². The topological polar surface area (TPSA) is 49.9 Å². The Kier molecular flexibility index (Phi) is 3.97. The quantitative estimate of drug-likeness (QED) is 0.744. The fourth-order valence-corrected chi connectivity index (χ4v) is 3.98. The Morgan fingerprint density at radius 1 is 1.25 bits per heavy atom. The molecule has 0 atom stereocenters. The molecule has 114 valence electrons. The van der Waals surface area contributed by atoms with Gasteiger partial charge in [-0.1, -0.05) is 13.8 Å². The molecule has 0 bridgehead atoms. The molecule has 1 spiro atoms. The largest absolute Gasteiger partial charge is 0.444 e. The van der Waals surface area contributed by atoms with Crippen LogP contribution < -0.4 is 0 Å². The van der Waals surface area contributed by atoms with E-state index in [1.165, 1.54) is 0 Å². The molecule has 0 N–H and O–H groups in total. The molecule has 2 aliphatic rings. The molecular weight excluding hydrogens is 276 g/mol. The highest BCUT2D eigenvalue weighted by atomic mass is 32.2. The number of hydrogen-bond donors (Lipinski definition) is 0. The number of carbonyl (C=O) groups excluding carboxylic acids is 2. The second-order valence-electron chi connectivity index (χ2n) is 6.78. The maximum Gasteiger partial charge on any atom is 0.410 e. The molecule has 0 aromatic heterocycles. The standard InChI is InChI=1S/C14H24N2O3S/c1-10(2)11(17)16-6-7-20-14(16)8-15(9-14)12(18)19-13(3,4)5/h10H,6-9H2,1-5H3. The van der Waals surface area contributed by atoms with E-state index in [0.29, 0.717) is 13.1 Å². The summed E-state index contributed by atoms with van der Waals surface area (Å²) in [5, 5.41) is 0. The van der Waals surface area contributed by atoms with E-state index < -0.39 is 5.60 Å². The predicted molar refractivity (Wildman–Crippen MR) is 79.5 cm³/mol. The van der Waals surface area contributed by atoms with E-state index in [0.717, 1.165) is 12.3 Å². The van der Waals surface area contributed by atoms with Crippen molar-refractivity contribution in [2.45, 2.75) is 45.1 Å². The average Bonchev–Trinajstić information content (AvgIpc) is 2.67. The highest BCUT2D eigenvalue weighted by Crippen LogP contribution is 2.44. The first-order chi connectivity index (χ1) is 9.15. The van der Waals surface area contributed by atoms with Crippen molar-refractivity contribution in [2.24, 2.45) is 5.92 Å². The Morgan fingerprint density at radius 3 is 2.35 bits per heavy atom. The van der Waals surface area contributed by atoms with Crippen LogP contribution in [0, 0.1) is 5.92 Å². The zero-order valence-corrected chi connectivity index (χ0v) is 13.7. The van der Waals surface area contributed by atoms with E-state index in [4.69, 9.17) is 4.74 Å². The van der Waals surface area contributed by atoms with E-state index in [2.05, 4.69) is 0 Å². The summed E-state index contributed by atoms with van der Waals surface area (Å²) in [5.74, 6) is 1.13. The van der Waals surface area contributed by atoms with Gasteiger partial charge in [-0.25, -0.2) is 4.79 Å². The van der Waals surface area contributed by atoms with Crippen molar-refractivity contribution in [3.8, 4) is 0 Å². The zero-order chi connectivity index (χ0) is 15.1. The van der Waals surface area contributed by atoms with Gasteiger partial charge in [0, 0.05) is 18.2 Å². The zero-order valence-electron chi connectivity index (χ0n) is 12.9. The fourth-order valence-electron chi connectivity index (χ4n) is 2.50. The van der Waals surface area contributed by atoms with Crippen LogP contribution in [0.15, 0.2) is 0 Å². The number of ether oxygens (including phenoxy) is 1. The number of thioether (sulfide) groups is 1. The lowest BCUT2D eigenvalue weighted by atomic mass is 10.0. The molecule has 2 saturated heterocycles. The molecular formula is C14H24N2O3S. The number of rotatable bonds is 1. The molecule has 5 nitrogen and oxygen atoms in total. The smallest absolute Gasteiger partial charge is 0.410 e. The van der Waals surface area contributed by atoms with E-state index in [-0.39, 0.29) is 22.8 Å². The summed E-state index contributed by atoms with van der Waals surface area (Å²) in [5.41, 5.74) is -0.476. The van der Waals surface area contributed by atoms with Crippen molar-refractivity contribution in [3.05, 3.63) is 0 Å². The van der Waals surface area contributed by atoms with Crippen LogP contribution in [0.3, 0.4) is 0 Å². The fraction of sp³-hybridized carbons (Fsp3) is 0.857. The van der Waals surface area contributed by atoms with Gasteiger partial charge in [-0.05, 0) is 20.8 Å². The van der Waals surface area contributed by atoms with Crippen molar-refractivity contribution in [2.75, 3.05) is 25.4 Å². The summed E-state index contributed by atoms with van der Waals surface area (Å²) in [6, 6.07) is 0. The molecule has 0 aromatic carbocycles. The Hall–Kier alpha value is -0.910. The summed E-state index contributed by atoms with van der Waals surface area (Å²) in [6.45, 7) is 11.4. The van der Waals surface area contributed by atoms with Crippen LogP contribution in [-0.2, 0) is 9.53 Å². The van der Waals surface area contributed by atoms with Crippen LogP contribution in [0.4, 0.5) is 4.79 Å². The van der Waals surface area contributed by atoms with Crippen LogP contribution in [0.25, 0.3) is 0 Å². The molecule has 20 heavy (non-hydrogen) atoms. The maximum atomic E-state index is 12.2. The molecule has 2 heterocycles. The monoisotopic (exact) mass is 300 g/mol. The third-order valence-corrected chi connectivity index (χ3v) is 4.87. The van der Waals surface area contributed by atoms with Gasteiger partial charge in [0.25, 0.3) is 0 Å². The number of hydrogen-bond acceptors (Lipinski definition) is 4. The summed E-state index contributed by atoms with van der Waals surface area (Å²) >= 11 is 1.78. The molecule has 0 aliphatic carbocycles. The van der Waals surface area contributed by atoms with Gasteiger partial charge in [-0.2, -0.15) is 0 Å². The SMILES string of the molecule is CC(C)C(=O)N1CCSC12CN(C(=O)OC(C)(C)C)C2. The Balaban J connectivity index is 1.96. The normalized spacial score (nSPS) is 21.3. The van der Waals surface area contributed by atoms with Gasteiger partial charge < -0.3 is 14.5 Å². The molecule has 0 aromatic rings. The number of nitrogens with zero attached hydrogens (tertiary/aromatic N) is 2. The molecule has 0 unspecified atom stereocenters. The third kappa shape index (κ3) is 2.90. The molecule has 2 rings (SSSR count). The Labute approximate surface area is 125 Å². The van der Waals surface area contributed by atoms with Crippen LogP contribution in [0.5, 0.6) is 0 Å². The van der Waals surface area contributed by atoms with Crippen molar-refractivity contribution in [1.29, 1.82) is 0 Å². The van der Waals surface area contributed by atoms with Gasteiger partial charge in [0.2, 0.25) is 5.91 Å². The highest BCUT2D eigenvalue weighted by Gasteiger charge is 2.55. The van der Waals surface area contributed by atoms with E-state index >= 15 is 0 Å². The van der Waals surface area contributed by atoms with Crippen molar-refractivity contribution in [3.63, 3.8) is 0 Å². The summed E-state index contributed by atoms with van der Waals surface area (Å²) in [6.07, 6.45) is -0.285. The Morgan fingerprint density at radius 2 is 1.85 bits per heavy atom. The number of carbonyl (C=O) groups is 2. The molecule has 2 amide bonds. The number of amides is 2. The summed E-state index contributed by atoms with van der Waals surface area (Å²) in [7, 11) is 0. The maximum absolute atomic E-state index is 12.2. The minimum Gasteiger partial charge on any atom is -0.444 e. The summed E-state index contributed by atoms with van der Waals surface area (Å²) < 4.78 is 5.36. The average molecular weight is 300 g/mol. The number of likely N-dealkylation sites (tertiary alicyclic amines) is 1. The second-order valence-corrected chi connectivity index (χ2v) is 8.23. The lowest BCUT2D eigenvalue weighted by Crippen LogP contribution is -2.69. The molecule has 2 aliphatic heterocycles. The van der Waals surface area contributed by atoms with E-state index in [9.17, 15) is 9.59 Å². The first kappa shape index (κ1) is 15.5. The van der Waals surface area contributed by atoms with Crippen LogP contribution in [0.1, 0.15) is 34.6 Å². The van der Waals surface area contributed by atoms with Gasteiger partial charge in [0.05, 0.1) is 13.1 Å². The molecule has 6 heteroatoms. The van der Waals surface area contributed by atoms with Crippen LogP contribution >= 0.6 is 11.8 Å². The van der Waals surface area contributed by atoms with Crippen LogP contribution in [-0.4, -0.2) is 57.7 Å². The molecule has 0 saturated carbocycles. The summed E-state index contributed by atoms with van der Waals surface area (Å²) in [4.78, 5) is 27.6. The van der Waals surface area contributed by atoms with E-state index in [1.807, 2.05) is 39.5 Å². The van der Waals surface area contributed by atoms with Gasteiger partial charge in [-0.3, -0.25) is 4.79 Å². The molecule has 2 fully saturated rings. The predicted octanol–water partition coefficient (Wildman–Crippen LogP) is 2.16. The minimum atomic E-state index is -0.476. The first-order valence-electron chi connectivity index (χ1n) is 7.08. The lowest BCUT2D eigenvalue weighted by Gasteiger charge is -2.51. The minimum absolute atomic E-state index is 0.00107. The lowest BCUT2D eigenvalue weighted by molar-refractivity contribution is -0.141. The van der Waals surface area contributed by atoms with E-state index in [1.54, 1.807) is 16.7 Å². The highest BCUT2D eigenvalue weighted by molar-refractivity contribution is 8.01. The van der Waals surface area contributed by atoms with Crippen molar-refractivity contribution in [1.82, 2.24) is 9.80 Å². The second kappa shape index (κ2) is 5.13.